The molecule has 7 nitrogen and oxygen atoms in total. The van der Waals surface area contributed by atoms with Gasteiger partial charge in [-0.2, -0.15) is 4.39 Å². The van der Waals surface area contributed by atoms with E-state index < -0.39 is 39.7 Å². The number of thioether (sulfide) groups is 1. The fraction of sp³-hybridized carbons (Fsp3) is 0.607. The number of hydrogen-bond acceptors (Lipinski definition) is 6. The summed E-state index contributed by atoms with van der Waals surface area (Å²) in [7, 11) is 1.97. The molecule has 0 N–H and O–H groups in total. The lowest BCUT2D eigenvalue weighted by Gasteiger charge is -2.38. The van der Waals surface area contributed by atoms with Crippen LogP contribution in [0.15, 0.2) is 27.0 Å². The van der Waals surface area contributed by atoms with Gasteiger partial charge in [0.2, 0.25) is 5.91 Å². The Balaban J connectivity index is 2.13. The summed E-state index contributed by atoms with van der Waals surface area (Å²) in [6.07, 6.45) is 1.08. The van der Waals surface area contributed by atoms with Gasteiger partial charge in [0.1, 0.15) is 22.9 Å². The first kappa shape index (κ1) is 33.0. The summed E-state index contributed by atoms with van der Waals surface area (Å²) in [5, 5.41) is 0.231. The maximum atomic E-state index is 15.5. The number of nitrogens with zero attached hydrogens (tertiary/aromatic N) is 3. The van der Waals surface area contributed by atoms with Gasteiger partial charge in [-0.05, 0) is 86.5 Å². The van der Waals surface area contributed by atoms with E-state index >= 15 is 4.39 Å². The van der Waals surface area contributed by atoms with E-state index in [1.54, 1.807) is 70.4 Å². The van der Waals surface area contributed by atoms with Gasteiger partial charge < -0.3 is 14.4 Å². The second-order valence-electron chi connectivity index (χ2n) is 12.9. The molecule has 0 saturated heterocycles. The fourth-order valence-corrected chi connectivity index (χ4v) is 7.48. The van der Waals surface area contributed by atoms with Crippen molar-refractivity contribution >= 4 is 65.7 Å². The molecule has 0 aromatic heterocycles. The molecule has 1 aliphatic carbocycles. The summed E-state index contributed by atoms with van der Waals surface area (Å²) in [6.45, 7) is 14.1. The van der Waals surface area contributed by atoms with Crippen molar-refractivity contribution in [3.63, 3.8) is 0 Å². The van der Waals surface area contributed by atoms with Crippen molar-refractivity contribution in [1.82, 2.24) is 9.80 Å². The first-order valence-electron chi connectivity index (χ1n) is 13.2. The molecule has 222 valence electrons. The van der Waals surface area contributed by atoms with Crippen LogP contribution in [-0.4, -0.2) is 72.8 Å². The normalized spacial score (nSPS) is 24.6. The third-order valence-electron chi connectivity index (χ3n) is 6.83. The van der Waals surface area contributed by atoms with Crippen molar-refractivity contribution in [2.24, 2.45) is 10.9 Å². The molecule has 3 atom stereocenters. The van der Waals surface area contributed by atoms with Crippen LogP contribution in [0.4, 0.5) is 13.6 Å². The summed E-state index contributed by atoms with van der Waals surface area (Å²) in [6, 6.07) is 5.24. The molecule has 1 fully saturated rings. The molecule has 1 heterocycles. The molecule has 40 heavy (non-hydrogen) atoms. The van der Waals surface area contributed by atoms with Gasteiger partial charge in [-0.25, -0.2) is 14.1 Å². The molecule has 1 saturated carbocycles. The number of hydrogen-bond donors (Lipinski definition) is 0. The van der Waals surface area contributed by atoms with Crippen LogP contribution in [0.2, 0.25) is 25.7 Å². The van der Waals surface area contributed by atoms with Gasteiger partial charge in [-0.3, -0.25) is 9.79 Å². The summed E-state index contributed by atoms with van der Waals surface area (Å²) >= 11 is 2.76. The highest BCUT2D eigenvalue weighted by molar-refractivity contribution is 14.1. The standard InChI is InChI=1S/C28H40F2IN3O4SSi/c1-26(2,3)38-25(36)34(17-37-12-13-40(7,8)9)24-32-27(4,21-16-28(21,39-24)23(35)33(5)6)19-14-18(15-22(30)31)10-11-20(19)29/h10-11,14-15,21H,12-13,16-17H2,1-9H3/b22-15+/t21-,27+,28-/m0/s1. The molecule has 0 spiro atoms. The number of halogens is 3. The Labute approximate surface area is 255 Å². The Kier molecular flexibility index (Phi) is 9.90. The van der Waals surface area contributed by atoms with E-state index in [9.17, 15) is 14.0 Å². The van der Waals surface area contributed by atoms with Crippen LogP contribution in [0.1, 0.15) is 45.2 Å². The lowest BCUT2D eigenvalue weighted by Crippen LogP contribution is -2.48. The Morgan fingerprint density at radius 1 is 1.27 bits per heavy atom. The van der Waals surface area contributed by atoms with Crippen LogP contribution >= 0.6 is 34.4 Å². The second-order valence-corrected chi connectivity index (χ2v) is 20.9. The molecule has 3 rings (SSSR count). The predicted octanol–water partition coefficient (Wildman–Crippen LogP) is 7.24. The van der Waals surface area contributed by atoms with Crippen LogP contribution in [0.3, 0.4) is 0 Å². The molecular formula is C28H40F2IN3O4SSi. The average molecular weight is 708 g/mol. The molecule has 2 amide bonds. The summed E-state index contributed by atoms with van der Waals surface area (Å²) in [5.74, 6) is -0.994. The summed E-state index contributed by atoms with van der Waals surface area (Å²) in [5.41, 5.74) is -1.28. The number of ether oxygens (including phenoxy) is 2. The number of carbonyl (C=O) groups is 2. The van der Waals surface area contributed by atoms with Crippen molar-refractivity contribution in [2.75, 3.05) is 27.4 Å². The number of rotatable bonds is 8. The largest absolute Gasteiger partial charge is 0.443 e. The number of carbonyl (C=O) groups excluding carboxylic acids is 2. The van der Waals surface area contributed by atoms with E-state index in [1.807, 2.05) is 0 Å². The molecule has 0 radical (unpaired) electrons. The zero-order valence-electron chi connectivity index (χ0n) is 24.7. The van der Waals surface area contributed by atoms with Crippen molar-refractivity contribution in [3.05, 3.63) is 39.0 Å². The highest BCUT2D eigenvalue weighted by Crippen LogP contribution is 2.67. The molecule has 0 unspecified atom stereocenters. The highest BCUT2D eigenvalue weighted by Gasteiger charge is 2.71. The Morgan fingerprint density at radius 2 is 1.93 bits per heavy atom. The number of benzene rings is 1. The zero-order valence-corrected chi connectivity index (χ0v) is 28.7. The Bertz CT molecular complexity index is 1210. The molecular weight excluding hydrogens is 667 g/mol. The topological polar surface area (TPSA) is 71.4 Å². The molecule has 1 aromatic rings. The minimum Gasteiger partial charge on any atom is -0.443 e. The fourth-order valence-electron chi connectivity index (χ4n) is 4.68. The minimum atomic E-state index is -1.39. The number of fused-ring (bicyclic) bond motifs is 1. The molecule has 1 aromatic carbocycles. The van der Waals surface area contributed by atoms with E-state index in [2.05, 4.69) is 19.6 Å². The number of amides is 2. The van der Waals surface area contributed by atoms with Gasteiger partial charge in [0.15, 0.2) is 9.00 Å². The number of amidine groups is 1. The minimum absolute atomic E-state index is 0.122. The molecule has 0 bridgehead atoms. The van der Waals surface area contributed by atoms with E-state index in [-0.39, 0.29) is 29.3 Å². The van der Waals surface area contributed by atoms with Crippen LogP contribution < -0.4 is 0 Å². The van der Waals surface area contributed by atoms with Gasteiger partial charge in [0.25, 0.3) is 0 Å². The molecule has 12 heteroatoms. The molecule has 2 aliphatic rings. The van der Waals surface area contributed by atoms with E-state index in [0.717, 1.165) is 6.04 Å². The monoisotopic (exact) mass is 707 g/mol. The number of aliphatic imine (C=N–C) groups is 1. The van der Waals surface area contributed by atoms with Crippen LogP contribution in [-0.2, 0) is 19.8 Å². The van der Waals surface area contributed by atoms with Crippen LogP contribution in [0, 0.1) is 11.7 Å². The van der Waals surface area contributed by atoms with Crippen molar-refractivity contribution in [2.45, 2.75) is 75.7 Å². The van der Waals surface area contributed by atoms with E-state index in [1.165, 1.54) is 39.8 Å². The van der Waals surface area contributed by atoms with Gasteiger partial charge in [0, 0.05) is 40.3 Å². The summed E-state index contributed by atoms with van der Waals surface area (Å²) < 4.78 is 39.5. The van der Waals surface area contributed by atoms with Gasteiger partial charge >= 0.3 is 6.09 Å². The first-order chi connectivity index (χ1) is 18.3. The van der Waals surface area contributed by atoms with Gasteiger partial charge in [0.05, 0.1) is 5.54 Å². The van der Waals surface area contributed by atoms with Crippen molar-refractivity contribution in [1.29, 1.82) is 0 Å². The lowest BCUT2D eigenvalue weighted by molar-refractivity contribution is -0.129. The molecule has 1 aliphatic heterocycles. The maximum absolute atomic E-state index is 15.5. The van der Waals surface area contributed by atoms with Crippen molar-refractivity contribution < 1.29 is 27.8 Å². The maximum Gasteiger partial charge on any atom is 0.418 e. The zero-order chi connectivity index (χ0) is 30.3. The third-order valence-corrected chi connectivity index (χ3v) is 10.3. The average Bonchev–Trinajstić information content (AvgIpc) is 3.54. The Hall–Kier alpha value is -1.51. The smallest absolute Gasteiger partial charge is 0.418 e. The second kappa shape index (κ2) is 12.0. The first-order valence-corrected chi connectivity index (χ1v) is 18.8. The third kappa shape index (κ3) is 7.65. The Morgan fingerprint density at radius 3 is 2.48 bits per heavy atom. The lowest BCUT2D eigenvalue weighted by atomic mass is 9.84. The highest BCUT2D eigenvalue weighted by atomic mass is 127. The summed E-state index contributed by atoms with van der Waals surface area (Å²) in [4.78, 5) is 34.8. The SMILES string of the molecule is CN(C)C(=O)[C@]12C[C@H]1[C@@](C)(c1cc(/C=C(\F)I)ccc1F)N=C(N(COCC[Si](C)(C)C)C(=O)OC(C)(C)C)S2. The van der Waals surface area contributed by atoms with E-state index in [4.69, 9.17) is 14.5 Å². The van der Waals surface area contributed by atoms with Gasteiger partial charge in [-0.15, -0.1) is 0 Å². The van der Waals surface area contributed by atoms with Crippen LogP contribution in [0.5, 0.6) is 0 Å². The van der Waals surface area contributed by atoms with Gasteiger partial charge in [-0.1, -0.05) is 37.5 Å². The van der Waals surface area contributed by atoms with Crippen molar-refractivity contribution in [3.8, 4) is 0 Å². The van der Waals surface area contributed by atoms with E-state index in [0.29, 0.717) is 18.6 Å². The quantitative estimate of drug-likeness (QED) is 0.123. The van der Waals surface area contributed by atoms with Crippen LogP contribution in [0.25, 0.3) is 6.08 Å². The predicted molar refractivity (Wildman–Crippen MR) is 168 cm³/mol.